The zero-order valence-electron chi connectivity index (χ0n) is 13.8. The van der Waals surface area contributed by atoms with Gasteiger partial charge in [-0.2, -0.15) is 0 Å². The van der Waals surface area contributed by atoms with E-state index >= 15 is 0 Å². The predicted octanol–water partition coefficient (Wildman–Crippen LogP) is 1.69. The molecule has 2 atom stereocenters. The molecule has 0 aromatic carbocycles. The van der Waals surface area contributed by atoms with Gasteiger partial charge in [0.15, 0.2) is 0 Å². The number of carbonyl (C=O) groups is 2. The van der Waals surface area contributed by atoms with Crippen LogP contribution in [0.3, 0.4) is 0 Å². The van der Waals surface area contributed by atoms with Crippen LogP contribution in [0.2, 0.25) is 0 Å². The Morgan fingerprint density at radius 3 is 2.41 bits per heavy atom. The number of rotatable bonds is 3. The molecule has 2 unspecified atom stereocenters. The van der Waals surface area contributed by atoms with E-state index in [0.29, 0.717) is 5.92 Å². The van der Waals surface area contributed by atoms with Crippen molar-refractivity contribution < 1.29 is 9.59 Å². The monoisotopic (exact) mass is 331 g/mol. The van der Waals surface area contributed by atoms with Crippen LogP contribution in [0.1, 0.15) is 52.4 Å². The Kier molecular flexibility index (Phi) is 7.13. The first-order chi connectivity index (χ1) is 9.90. The molecule has 1 aliphatic carbocycles. The number of hydrogen-bond acceptors (Lipinski definition) is 3. The topological polar surface area (TPSA) is 75.4 Å². The predicted molar refractivity (Wildman–Crippen MR) is 89.8 cm³/mol. The summed E-state index contributed by atoms with van der Waals surface area (Å²) in [6.07, 6.45) is 6.07. The summed E-state index contributed by atoms with van der Waals surface area (Å²) >= 11 is 0. The molecule has 1 saturated carbocycles. The minimum absolute atomic E-state index is 0. The molecule has 1 saturated heterocycles. The smallest absolute Gasteiger partial charge is 0.227 e. The van der Waals surface area contributed by atoms with Crippen molar-refractivity contribution in [3.63, 3.8) is 0 Å². The van der Waals surface area contributed by atoms with Gasteiger partial charge in [-0.15, -0.1) is 12.4 Å². The minimum atomic E-state index is -0.345. The van der Waals surface area contributed by atoms with E-state index in [4.69, 9.17) is 5.73 Å². The van der Waals surface area contributed by atoms with Crippen LogP contribution in [0.4, 0.5) is 0 Å². The maximum atomic E-state index is 12.7. The summed E-state index contributed by atoms with van der Waals surface area (Å²) in [4.78, 5) is 25.7. The van der Waals surface area contributed by atoms with E-state index in [-0.39, 0.29) is 35.7 Å². The van der Waals surface area contributed by atoms with Gasteiger partial charge in [-0.05, 0) is 38.5 Å². The molecule has 2 amide bonds. The highest BCUT2D eigenvalue weighted by Gasteiger charge is 2.40. The van der Waals surface area contributed by atoms with Crippen molar-refractivity contribution in [2.24, 2.45) is 17.6 Å². The third kappa shape index (κ3) is 4.85. The van der Waals surface area contributed by atoms with Crippen molar-refractivity contribution in [2.45, 2.75) is 57.9 Å². The van der Waals surface area contributed by atoms with E-state index in [1.165, 1.54) is 0 Å². The molecule has 22 heavy (non-hydrogen) atoms. The summed E-state index contributed by atoms with van der Waals surface area (Å²) in [5.74, 6) is 0.749. The highest BCUT2D eigenvalue weighted by atomic mass is 35.5. The Hall–Kier alpha value is -0.810. The SMILES string of the molecule is CC(=O)NCC1CCN(C(=O)C2CCCCC2(C)N)CC1.Cl. The number of nitrogens with two attached hydrogens (primary N) is 1. The number of nitrogens with zero attached hydrogens (tertiary/aromatic N) is 1. The summed E-state index contributed by atoms with van der Waals surface area (Å²) in [7, 11) is 0. The fraction of sp³-hybridized carbons (Fsp3) is 0.875. The second-order valence-electron chi connectivity index (χ2n) is 7.01. The minimum Gasteiger partial charge on any atom is -0.356 e. The first kappa shape index (κ1) is 19.2. The molecule has 128 valence electrons. The maximum absolute atomic E-state index is 12.7. The lowest BCUT2D eigenvalue weighted by Gasteiger charge is -2.41. The molecule has 2 fully saturated rings. The number of carbonyl (C=O) groups excluding carboxylic acids is 2. The molecule has 0 aromatic heterocycles. The summed E-state index contributed by atoms with van der Waals surface area (Å²) in [6, 6.07) is 0. The molecule has 1 heterocycles. The van der Waals surface area contributed by atoms with Crippen LogP contribution >= 0.6 is 12.4 Å². The molecule has 0 spiro atoms. The number of amides is 2. The van der Waals surface area contributed by atoms with E-state index in [1.807, 2.05) is 11.8 Å². The van der Waals surface area contributed by atoms with Gasteiger partial charge in [0.25, 0.3) is 0 Å². The number of piperidine rings is 1. The Morgan fingerprint density at radius 1 is 1.23 bits per heavy atom. The zero-order valence-corrected chi connectivity index (χ0v) is 14.6. The lowest BCUT2D eigenvalue weighted by molar-refractivity contribution is -0.140. The molecule has 0 bridgehead atoms. The van der Waals surface area contributed by atoms with Crippen LogP contribution in [0.25, 0.3) is 0 Å². The first-order valence-corrected chi connectivity index (χ1v) is 8.22. The van der Waals surface area contributed by atoms with Gasteiger partial charge in [0.1, 0.15) is 0 Å². The second kappa shape index (κ2) is 8.16. The van der Waals surface area contributed by atoms with Gasteiger partial charge in [0.05, 0.1) is 5.92 Å². The van der Waals surface area contributed by atoms with Gasteiger partial charge in [-0.25, -0.2) is 0 Å². The van der Waals surface area contributed by atoms with Crippen LogP contribution in [-0.2, 0) is 9.59 Å². The van der Waals surface area contributed by atoms with Crippen molar-refractivity contribution in [1.82, 2.24) is 10.2 Å². The molecule has 5 nitrogen and oxygen atoms in total. The van der Waals surface area contributed by atoms with E-state index in [0.717, 1.165) is 58.2 Å². The second-order valence-corrected chi connectivity index (χ2v) is 7.01. The van der Waals surface area contributed by atoms with Crippen LogP contribution in [-0.4, -0.2) is 41.9 Å². The van der Waals surface area contributed by atoms with Crippen LogP contribution in [0.15, 0.2) is 0 Å². The highest BCUT2D eigenvalue weighted by Crippen LogP contribution is 2.33. The molecule has 3 N–H and O–H groups in total. The standard InChI is InChI=1S/C16H29N3O2.ClH/c1-12(20)18-11-13-6-9-19(10-7-13)15(21)14-5-3-4-8-16(14,2)17;/h13-14H,3-11,17H2,1-2H3,(H,18,20);1H. The number of halogens is 1. The number of nitrogens with one attached hydrogen (secondary N) is 1. The van der Waals surface area contributed by atoms with Gasteiger partial charge in [-0.1, -0.05) is 12.8 Å². The lowest BCUT2D eigenvalue weighted by atomic mass is 9.73. The molecule has 0 aromatic rings. The average Bonchev–Trinajstić information content (AvgIpc) is 2.44. The van der Waals surface area contributed by atoms with Gasteiger partial charge < -0.3 is 16.0 Å². The number of likely N-dealkylation sites (tertiary alicyclic amines) is 1. The van der Waals surface area contributed by atoms with Gasteiger partial charge >= 0.3 is 0 Å². The summed E-state index contributed by atoms with van der Waals surface area (Å²) < 4.78 is 0. The Labute approximate surface area is 139 Å². The molecule has 0 radical (unpaired) electrons. The normalized spacial score (nSPS) is 29.6. The lowest BCUT2D eigenvalue weighted by Crippen LogP contribution is -2.55. The Balaban J connectivity index is 0.00000242. The fourth-order valence-electron chi connectivity index (χ4n) is 3.63. The summed E-state index contributed by atoms with van der Waals surface area (Å²) in [6.45, 7) is 5.91. The largest absolute Gasteiger partial charge is 0.356 e. The van der Waals surface area contributed by atoms with Gasteiger partial charge in [-0.3, -0.25) is 9.59 Å². The molecule has 6 heteroatoms. The van der Waals surface area contributed by atoms with Crippen LogP contribution in [0.5, 0.6) is 0 Å². The first-order valence-electron chi connectivity index (χ1n) is 8.22. The number of hydrogen-bond donors (Lipinski definition) is 2. The van der Waals surface area contributed by atoms with Crippen molar-refractivity contribution in [3.05, 3.63) is 0 Å². The van der Waals surface area contributed by atoms with Crippen LogP contribution < -0.4 is 11.1 Å². The van der Waals surface area contributed by atoms with E-state index < -0.39 is 0 Å². The molecular weight excluding hydrogens is 302 g/mol. The van der Waals surface area contributed by atoms with Crippen molar-refractivity contribution in [2.75, 3.05) is 19.6 Å². The molecular formula is C16H30ClN3O2. The zero-order chi connectivity index (χ0) is 15.5. The van der Waals surface area contributed by atoms with Gasteiger partial charge in [0, 0.05) is 32.1 Å². The third-order valence-corrected chi connectivity index (χ3v) is 5.12. The van der Waals surface area contributed by atoms with Crippen molar-refractivity contribution >= 4 is 24.2 Å². The summed E-state index contributed by atoms with van der Waals surface area (Å²) in [5.41, 5.74) is 6.00. The molecule has 2 rings (SSSR count). The molecule has 1 aliphatic heterocycles. The summed E-state index contributed by atoms with van der Waals surface area (Å²) in [5, 5.41) is 2.87. The van der Waals surface area contributed by atoms with E-state index in [9.17, 15) is 9.59 Å². The molecule has 2 aliphatic rings. The van der Waals surface area contributed by atoms with Gasteiger partial charge in [0.2, 0.25) is 11.8 Å². The quantitative estimate of drug-likeness (QED) is 0.826. The van der Waals surface area contributed by atoms with E-state index in [2.05, 4.69) is 5.32 Å². The Bertz CT molecular complexity index is 393. The average molecular weight is 332 g/mol. The highest BCUT2D eigenvalue weighted by molar-refractivity contribution is 5.85. The van der Waals surface area contributed by atoms with Crippen molar-refractivity contribution in [3.8, 4) is 0 Å². The third-order valence-electron chi connectivity index (χ3n) is 5.12. The fourth-order valence-corrected chi connectivity index (χ4v) is 3.63. The van der Waals surface area contributed by atoms with E-state index in [1.54, 1.807) is 6.92 Å². The van der Waals surface area contributed by atoms with Crippen molar-refractivity contribution in [1.29, 1.82) is 0 Å². The maximum Gasteiger partial charge on any atom is 0.227 e. The Morgan fingerprint density at radius 2 is 1.86 bits per heavy atom. The van der Waals surface area contributed by atoms with Crippen LogP contribution in [0, 0.1) is 11.8 Å².